The van der Waals surface area contributed by atoms with E-state index < -0.39 is 0 Å². The fourth-order valence-electron chi connectivity index (χ4n) is 13.3. The van der Waals surface area contributed by atoms with Gasteiger partial charge in [0.15, 0.2) is 0 Å². The zero-order valence-electron chi connectivity index (χ0n) is 32.0. The fraction of sp³-hybridized carbons (Fsp3) is 0.296. The lowest BCUT2D eigenvalue weighted by Gasteiger charge is -2.55. The molecule has 0 amide bonds. The maximum absolute atomic E-state index is 2.66. The second-order valence-corrected chi connectivity index (χ2v) is 17.8. The maximum Gasteiger partial charge on any atom is 0.0543 e. The SMILES string of the molecule is CCC1CC2CCCC(C1)C21c2ccccc2-c2c(N(c3ccc4c(c3)C3(CCCC3)c3ccccc3-4)c3ccc4c(ccc5ccccc54)c3)cccc21. The monoisotopic (exact) mass is 711 g/mol. The number of anilines is 3. The molecule has 0 radical (unpaired) electrons. The molecule has 3 saturated carbocycles. The van der Waals surface area contributed by atoms with Gasteiger partial charge in [-0.25, -0.2) is 0 Å². The minimum absolute atomic E-state index is 0.104. The lowest BCUT2D eigenvalue weighted by Crippen LogP contribution is -2.49. The van der Waals surface area contributed by atoms with Crippen LogP contribution in [0.1, 0.15) is 93.4 Å². The molecule has 5 aliphatic carbocycles. The molecular formula is C54H49N. The van der Waals surface area contributed by atoms with Crippen molar-refractivity contribution in [1.82, 2.24) is 0 Å². The highest BCUT2D eigenvalue weighted by Crippen LogP contribution is 2.67. The first kappa shape index (κ1) is 32.1. The summed E-state index contributed by atoms with van der Waals surface area (Å²) in [6, 6.07) is 54.6. The number of rotatable bonds is 4. The summed E-state index contributed by atoms with van der Waals surface area (Å²) in [6.45, 7) is 2.43. The van der Waals surface area contributed by atoms with E-state index in [0.717, 1.165) is 5.92 Å². The molecule has 2 bridgehead atoms. The average molecular weight is 712 g/mol. The standard InChI is InChI=1S/C54H49N/c1-2-35-31-38-14-11-15-39(32-35)54(38)48-20-8-6-18-46(48)52-49(54)21-12-22-51(52)55(40-25-27-43-37(33-40)24-23-36-13-3-4-16-42(36)43)41-26-28-45-44-17-5-7-19-47(44)53(50(45)34-41)29-9-10-30-53/h3-8,12-13,16-28,33-35,38-39H,2,9-11,14-15,29-32H2,1H3. The largest absolute Gasteiger partial charge is 0.310 e. The molecule has 2 unspecified atom stereocenters. The Morgan fingerprint density at radius 3 is 2.02 bits per heavy atom. The van der Waals surface area contributed by atoms with Crippen molar-refractivity contribution >= 4 is 38.6 Å². The van der Waals surface area contributed by atoms with E-state index in [0.29, 0.717) is 11.8 Å². The summed E-state index contributed by atoms with van der Waals surface area (Å²) in [5.74, 6) is 2.25. The van der Waals surface area contributed by atoms with E-state index in [1.54, 1.807) is 16.7 Å². The van der Waals surface area contributed by atoms with Gasteiger partial charge in [0, 0.05) is 27.8 Å². The zero-order chi connectivity index (χ0) is 36.3. The molecule has 7 aromatic rings. The van der Waals surface area contributed by atoms with Gasteiger partial charge in [0.05, 0.1) is 5.69 Å². The molecule has 0 aromatic heterocycles. The predicted molar refractivity (Wildman–Crippen MR) is 231 cm³/mol. The van der Waals surface area contributed by atoms with Crippen LogP contribution in [-0.2, 0) is 10.8 Å². The van der Waals surface area contributed by atoms with E-state index in [1.807, 2.05) is 0 Å². The average Bonchev–Trinajstić information content (AvgIpc) is 3.92. The number of benzene rings is 7. The van der Waals surface area contributed by atoms with Gasteiger partial charge >= 0.3 is 0 Å². The quantitative estimate of drug-likeness (QED) is 0.164. The number of hydrogen-bond donors (Lipinski definition) is 0. The highest BCUT2D eigenvalue weighted by molar-refractivity contribution is 6.09. The third kappa shape index (κ3) is 4.31. The molecular weight excluding hydrogens is 663 g/mol. The summed E-state index contributed by atoms with van der Waals surface area (Å²) >= 11 is 0. The minimum Gasteiger partial charge on any atom is -0.310 e. The maximum atomic E-state index is 2.66. The second kappa shape index (κ2) is 11.9. The van der Waals surface area contributed by atoms with Crippen molar-refractivity contribution < 1.29 is 0 Å². The molecule has 2 spiro atoms. The van der Waals surface area contributed by atoms with Crippen LogP contribution in [0.5, 0.6) is 0 Å². The molecule has 1 heteroatoms. The molecule has 1 nitrogen and oxygen atoms in total. The molecule has 0 saturated heterocycles. The Balaban J connectivity index is 1.12. The summed E-state index contributed by atoms with van der Waals surface area (Å²) in [7, 11) is 0. The summed E-state index contributed by atoms with van der Waals surface area (Å²) in [6.07, 6.45) is 13.2. The van der Waals surface area contributed by atoms with Crippen molar-refractivity contribution in [3.63, 3.8) is 0 Å². The summed E-state index contributed by atoms with van der Waals surface area (Å²) in [4.78, 5) is 2.66. The Kier molecular flexibility index (Phi) is 6.97. The van der Waals surface area contributed by atoms with Gasteiger partial charge in [0.1, 0.15) is 0 Å². The van der Waals surface area contributed by atoms with Crippen molar-refractivity contribution in [3.8, 4) is 22.3 Å². The predicted octanol–water partition coefficient (Wildman–Crippen LogP) is 14.8. The Morgan fingerprint density at radius 1 is 0.527 bits per heavy atom. The van der Waals surface area contributed by atoms with E-state index >= 15 is 0 Å². The molecule has 2 atom stereocenters. The van der Waals surface area contributed by atoms with Crippen molar-refractivity contribution in [2.24, 2.45) is 17.8 Å². The van der Waals surface area contributed by atoms with Gasteiger partial charge < -0.3 is 4.90 Å². The van der Waals surface area contributed by atoms with Gasteiger partial charge in [-0.3, -0.25) is 0 Å². The van der Waals surface area contributed by atoms with Crippen LogP contribution in [-0.4, -0.2) is 0 Å². The van der Waals surface area contributed by atoms with Gasteiger partial charge in [-0.05, 0) is 147 Å². The molecule has 0 aliphatic heterocycles. The molecule has 3 fully saturated rings. The second-order valence-electron chi connectivity index (χ2n) is 17.8. The van der Waals surface area contributed by atoms with Crippen LogP contribution in [0.2, 0.25) is 0 Å². The molecule has 0 heterocycles. The van der Waals surface area contributed by atoms with Crippen molar-refractivity contribution in [3.05, 3.63) is 162 Å². The van der Waals surface area contributed by atoms with Gasteiger partial charge in [0.2, 0.25) is 0 Å². The lowest BCUT2D eigenvalue weighted by molar-refractivity contribution is 0.0492. The molecule has 0 N–H and O–H groups in total. The number of hydrogen-bond acceptors (Lipinski definition) is 1. The highest BCUT2D eigenvalue weighted by Gasteiger charge is 2.58. The first-order valence-electron chi connectivity index (χ1n) is 21.4. The third-order valence-corrected chi connectivity index (χ3v) is 15.5. The van der Waals surface area contributed by atoms with Gasteiger partial charge in [-0.1, -0.05) is 142 Å². The summed E-state index contributed by atoms with van der Waals surface area (Å²) in [5.41, 5.74) is 16.2. The molecule has 5 aliphatic rings. The Morgan fingerprint density at radius 2 is 1.18 bits per heavy atom. The Hall–Kier alpha value is -5.14. The van der Waals surface area contributed by atoms with Crippen molar-refractivity contribution in [2.75, 3.05) is 4.90 Å². The van der Waals surface area contributed by atoms with Crippen LogP contribution in [0, 0.1) is 17.8 Å². The first-order valence-corrected chi connectivity index (χ1v) is 21.4. The minimum atomic E-state index is 0.104. The normalized spacial score (nSPS) is 23.9. The van der Waals surface area contributed by atoms with E-state index in [1.165, 1.54) is 131 Å². The van der Waals surface area contributed by atoms with E-state index in [2.05, 4.69) is 151 Å². The van der Waals surface area contributed by atoms with Crippen molar-refractivity contribution in [2.45, 2.75) is 82.0 Å². The first-order chi connectivity index (χ1) is 27.2. The smallest absolute Gasteiger partial charge is 0.0543 e. The lowest BCUT2D eigenvalue weighted by atomic mass is 9.49. The van der Waals surface area contributed by atoms with Gasteiger partial charge in [0.25, 0.3) is 0 Å². The van der Waals surface area contributed by atoms with Crippen LogP contribution in [0.4, 0.5) is 17.1 Å². The molecule has 270 valence electrons. The van der Waals surface area contributed by atoms with Crippen LogP contribution in [0.3, 0.4) is 0 Å². The molecule has 12 rings (SSSR count). The number of fused-ring (bicyclic) bond motifs is 11. The van der Waals surface area contributed by atoms with E-state index in [-0.39, 0.29) is 10.8 Å². The molecule has 7 aromatic carbocycles. The van der Waals surface area contributed by atoms with Gasteiger partial charge in [-0.15, -0.1) is 0 Å². The van der Waals surface area contributed by atoms with Crippen molar-refractivity contribution in [1.29, 1.82) is 0 Å². The van der Waals surface area contributed by atoms with Gasteiger partial charge in [-0.2, -0.15) is 0 Å². The molecule has 55 heavy (non-hydrogen) atoms. The summed E-state index contributed by atoms with van der Waals surface area (Å²) < 4.78 is 0. The zero-order valence-corrected chi connectivity index (χ0v) is 32.0. The fourth-order valence-corrected chi connectivity index (χ4v) is 13.3. The Labute approximate surface area is 326 Å². The highest BCUT2D eigenvalue weighted by atomic mass is 15.1. The Bertz CT molecular complexity index is 2660. The topological polar surface area (TPSA) is 3.24 Å². The third-order valence-electron chi connectivity index (χ3n) is 15.5. The summed E-state index contributed by atoms with van der Waals surface area (Å²) in [5, 5.41) is 5.23. The van der Waals surface area contributed by atoms with E-state index in [9.17, 15) is 0 Å². The van der Waals surface area contributed by atoms with Crippen LogP contribution in [0.25, 0.3) is 43.8 Å². The van der Waals surface area contributed by atoms with Crippen LogP contribution >= 0.6 is 0 Å². The van der Waals surface area contributed by atoms with Crippen LogP contribution < -0.4 is 4.90 Å². The van der Waals surface area contributed by atoms with Crippen LogP contribution in [0.15, 0.2) is 140 Å². The number of nitrogens with zero attached hydrogens (tertiary/aromatic N) is 1. The van der Waals surface area contributed by atoms with E-state index in [4.69, 9.17) is 0 Å².